The van der Waals surface area contributed by atoms with E-state index in [0.29, 0.717) is 11.6 Å². The van der Waals surface area contributed by atoms with E-state index in [2.05, 4.69) is 17.1 Å². The smallest absolute Gasteiger partial charge is 0.250 e. The number of hydrogen-bond donors (Lipinski definition) is 0. The van der Waals surface area contributed by atoms with E-state index < -0.39 is 5.54 Å². The van der Waals surface area contributed by atoms with Gasteiger partial charge in [-0.15, -0.1) is 0 Å². The highest BCUT2D eigenvalue weighted by Gasteiger charge is 2.33. The molecule has 126 valence electrons. The summed E-state index contributed by atoms with van der Waals surface area (Å²) in [4.78, 5) is 14.6. The fourth-order valence-electron chi connectivity index (χ4n) is 2.75. The van der Waals surface area contributed by atoms with Crippen molar-refractivity contribution in [3.05, 3.63) is 34.4 Å². The zero-order valence-electron chi connectivity index (χ0n) is 14.6. The average molecular weight is 338 g/mol. The van der Waals surface area contributed by atoms with Gasteiger partial charge in [-0.25, -0.2) is 0 Å². The Balaban J connectivity index is 2.22. The molecule has 0 atom stereocenters. The Labute approximate surface area is 142 Å². The number of aromatic nitrogens is 4. The van der Waals surface area contributed by atoms with E-state index in [9.17, 15) is 4.79 Å². The van der Waals surface area contributed by atoms with E-state index in [1.54, 1.807) is 22.8 Å². The molecule has 7 heteroatoms. The minimum Gasteiger partial charge on any atom is -0.339 e. The van der Waals surface area contributed by atoms with Gasteiger partial charge in [-0.1, -0.05) is 11.6 Å². The molecule has 0 saturated carbocycles. The Bertz CT molecular complexity index is 716. The largest absolute Gasteiger partial charge is 0.339 e. The summed E-state index contributed by atoms with van der Waals surface area (Å²) in [5.41, 5.74) is 2.36. The summed E-state index contributed by atoms with van der Waals surface area (Å²) in [5.74, 6) is -0.0275. The number of amides is 1. The molecule has 6 nitrogen and oxygen atoms in total. The highest BCUT2D eigenvalue weighted by atomic mass is 35.5. The van der Waals surface area contributed by atoms with E-state index in [0.717, 1.165) is 23.5 Å². The summed E-state index contributed by atoms with van der Waals surface area (Å²) in [6.45, 7) is 11.1. The van der Waals surface area contributed by atoms with E-state index in [1.165, 1.54) is 6.20 Å². The quantitative estimate of drug-likeness (QED) is 0.843. The minimum atomic E-state index is -0.801. The number of halogens is 1. The lowest BCUT2D eigenvalue weighted by Gasteiger charge is -2.29. The SMILES string of the molecule is CCn1nc(C)c(CN(C)C(=O)C(C)(C)n2cc(Cl)cn2)c1C. The van der Waals surface area contributed by atoms with E-state index in [4.69, 9.17) is 11.6 Å². The van der Waals surface area contributed by atoms with Gasteiger partial charge in [0.05, 0.1) is 16.9 Å². The molecule has 0 unspecified atom stereocenters. The van der Waals surface area contributed by atoms with Crippen molar-refractivity contribution in [2.45, 2.75) is 53.2 Å². The molecule has 2 aromatic rings. The summed E-state index contributed by atoms with van der Waals surface area (Å²) in [5, 5.41) is 9.20. The standard InChI is InChI=1S/C16H24ClN5O/c1-7-21-12(3)14(11(2)19-21)10-20(6)15(23)16(4,5)22-9-13(17)8-18-22/h8-9H,7,10H2,1-6H3. The lowest BCUT2D eigenvalue weighted by molar-refractivity contribution is -0.139. The second-order valence-corrected chi connectivity index (χ2v) is 6.72. The summed E-state index contributed by atoms with van der Waals surface area (Å²) in [7, 11) is 1.80. The third kappa shape index (κ3) is 3.27. The number of carbonyl (C=O) groups excluding carboxylic acids is 1. The topological polar surface area (TPSA) is 56.0 Å². The lowest BCUT2D eigenvalue weighted by Crippen LogP contribution is -2.45. The number of nitrogens with zero attached hydrogens (tertiary/aromatic N) is 5. The summed E-state index contributed by atoms with van der Waals surface area (Å²) in [6, 6.07) is 0. The number of carbonyl (C=O) groups is 1. The molecule has 0 spiro atoms. The van der Waals surface area contributed by atoms with Gasteiger partial charge in [0, 0.05) is 37.6 Å². The molecule has 23 heavy (non-hydrogen) atoms. The van der Waals surface area contributed by atoms with Crippen LogP contribution in [0.5, 0.6) is 0 Å². The molecule has 0 saturated heterocycles. The lowest BCUT2D eigenvalue weighted by atomic mass is 10.0. The van der Waals surface area contributed by atoms with Crippen LogP contribution in [0.15, 0.2) is 12.4 Å². The third-order valence-corrected chi connectivity index (χ3v) is 4.42. The van der Waals surface area contributed by atoms with Gasteiger partial charge in [0.25, 0.3) is 0 Å². The molecule has 2 aromatic heterocycles. The number of aryl methyl sites for hydroxylation is 2. The molecule has 0 aliphatic heterocycles. The van der Waals surface area contributed by atoms with Crippen LogP contribution in [0.2, 0.25) is 5.02 Å². The zero-order chi connectivity index (χ0) is 17.4. The third-order valence-electron chi connectivity index (χ3n) is 4.22. The van der Waals surface area contributed by atoms with Gasteiger partial charge in [-0.3, -0.25) is 14.2 Å². The number of hydrogen-bond acceptors (Lipinski definition) is 3. The van der Waals surface area contributed by atoms with Crippen molar-refractivity contribution in [3.63, 3.8) is 0 Å². The van der Waals surface area contributed by atoms with Gasteiger partial charge in [-0.05, 0) is 34.6 Å². The van der Waals surface area contributed by atoms with E-state index >= 15 is 0 Å². The van der Waals surface area contributed by atoms with Crippen molar-refractivity contribution in [2.24, 2.45) is 0 Å². The van der Waals surface area contributed by atoms with E-state index in [1.807, 2.05) is 32.4 Å². The van der Waals surface area contributed by atoms with Crippen molar-refractivity contribution in [1.82, 2.24) is 24.5 Å². The Morgan fingerprint density at radius 3 is 2.52 bits per heavy atom. The summed E-state index contributed by atoms with van der Waals surface area (Å²) >= 11 is 5.92. The first kappa shape index (κ1) is 17.5. The van der Waals surface area contributed by atoms with Gasteiger partial charge in [-0.2, -0.15) is 10.2 Å². The van der Waals surface area contributed by atoms with Crippen molar-refractivity contribution in [2.75, 3.05) is 7.05 Å². The van der Waals surface area contributed by atoms with Crippen LogP contribution in [0, 0.1) is 13.8 Å². The maximum absolute atomic E-state index is 12.9. The second kappa shape index (κ2) is 6.35. The second-order valence-electron chi connectivity index (χ2n) is 6.29. The van der Waals surface area contributed by atoms with Crippen LogP contribution in [-0.4, -0.2) is 37.4 Å². The fraction of sp³-hybridized carbons (Fsp3) is 0.562. The van der Waals surface area contributed by atoms with Crippen LogP contribution in [0.1, 0.15) is 37.7 Å². The highest BCUT2D eigenvalue weighted by Crippen LogP contribution is 2.22. The van der Waals surface area contributed by atoms with E-state index in [-0.39, 0.29) is 5.91 Å². The number of likely N-dealkylation sites (N-methyl/N-ethyl adjacent to an activating group) is 1. The first-order valence-corrected chi connectivity index (χ1v) is 8.05. The molecule has 0 bridgehead atoms. The van der Waals surface area contributed by atoms with Crippen molar-refractivity contribution >= 4 is 17.5 Å². The maximum Gasteiger partial charge on any atom is 0.250 e. The van der Waals surface area contributed by atoms with Gasteiger partial charge >= 0.3 is 0 Å². The first-order valence-electron chi connectivity index (χ1n) is 7.67. The van der Waals surface area contributed by atoms with Crippen molar-refractivity contribution in [3.8, 4) is 0 Å². The zero-order valence-corrected chi connectivity index (χ0v) is 15.3. The van der Waals surface area contributed by atoms with Crippen molar-refractivity contribution in [1.29, 1.82) is 0 Å². The monoisotopic (exact) mass is 337 g/mol. The molecular formula is C16H24ClN5O. The summed E-state index contributed by atoms with van der Waals surface area (Å²) < 4.78 is 3.56. The molecule has 1 amide bonds. The Kier molecular flexibility index (Phi) is 4.84. The van der Waals surface area contributed by atoms with Gasteiger partial charge in [0.1, 0.15) is 5.54 Å². The Hall–Kier alpha value is -1.82. The molecule has 2 rings (SSSR count). The predicted molar refractivity (Wildman–Crippen MR) is 90.4 cm³/mol. The Morgan fingerprint density at radius 2 is 2.04 bits per heavy atom. The van der Waals surface area contributed by atoms with Gasteiger partial charge in [0.15, 0.2) is 0 Å². The molecule has 0 N–H and O–H groups in total. The van der Waals surface area contributed by atoms with Crippen LogP contribution in [0.3, 0.4) is 0 Å². The highest BCUT2D eigenvalue weighted by molar-refractivity contribution is 6.30. The van der Waals surface area contributed by atoms with Crippen LogP contribution in [0.4, 0.5) is 0 Å². The predicted octanol–water partition coefficient (Wildman–Crippen LogP) is 2.76. The normalized spacial score (nSPS) is 11.8. The molecule has 0 aromatic carbocycles. The van der Waals surface area contributed by atoms with Crippen LogP contribution >= 0.6 is 11.6 Å². The van der Waals surface area contributed by atoms with Crippen molar-refractivity contribution < 1.29 is 4.79 Å². The Morgan fingerprint density at radius 1 is 1.39 bits per heavy atom. The molecule has 2 heterocycles. The van der Waals surface area contributed by atoms with Crippen LogP contribution in [-0.2, 0) is 23.4 Å². The van der Waals surface area contributed by atoms with Gasteiger partial charge < -0.3 is 4.90 Å². The van der Waals surface area contributed by atoms with Crippen LogP contribution in [0.25, 0.3) is 0 Å². The summed E-state index contributed by atoms with van der Waals surface area (Å²) in [6.07, 6.45) is 3.20. The molecule has 0 fully saturated rings. The maximum atomic E-state index is 12.9. The van der Waals surface area contributed by atoms with Gasteiger partial charge in [0.2, 0.25) is 5.91 Å². The fourth-order valence-corrected chi connectivity index (χ4v) is 2.89. The van der Waals surface area contributed by atoms with Crippen LogP contribution < -0.4 is 0 Å². The number of rotatable bonds is 5. The minimum absolute atomic E-state index is 0.0275. The first-order chi connectivity index (χ1) is 10.7. The molecule has 0 radical (unpaired) electrons. The molecule has 0 aliphatic rings. The molecule has 0 aliphatic carbocycles. The molecular weight excluding hydrogens is 314 g/mol. The average Bonchev–Trinajstić information content (AvgIpc) is 3.05.